The highest BCUT2D eigenvalue weighted by Gasteiger charge is 2.41. The largest absolute Gasteiger partial charge is 0.467 e. The van der Waals surface area contributed by atoms with E-state index in [1.54, 1.807) is 4.90 Å². The van der Waals surface area contributed by atoms with E-state index < -0.39 is 0 Å². The van der Waals surface area contributed by atoms with Crippen LogP contribution in [0.15, 0.2) is 12.2 Å². The SMILES string of the molecule is COC(=O)[C@@H]1CC[C@@H]2CC=CC(=O)N21. The van der Waals surface area contributed by atoms with E-state index in [1.807, 2.05) is 6.08 Å². The van der Waals surface area contributed by atoms with E-state index in [1.165, 1.54) is 13.2 Å². The highest BCUT2D eigenvalue weighted by atomic mass is 16.5. The molecule has 4 heteroatoms. The first-order valence-electron chi connectivity index (χ1n) is 4.80. The second-order valence-corrected chi connectivity index (χ2v) is 3.65. The van der Waals surface area contributed by atoms with Crippen molar-refractivity contribution >= 4 is 11.9 Å². The summed E-state index contributed by atoms with van der Waals surface area (Å²) in [7, 11) is 1.36. The Balaban J connectivity index is 2.19. The molecule has 2 rings (SSSR count). The minimum absolute atomic E-state index is 0.0610. The Bertz CT molecular complexity index is 298. The van der Waals surface area contributed by atoms with Crippen molar-refractivity contribution in [3.63, 3.8) is 0 Å². The van der Waals surface area contributed by atoms with Crippen LogP contribution in [0.5, 0.6) is 0 Å². The van der Waals surface area contributed by atoms with E-state index in [2.05, 4.69) is 4.74 Å². The zero-order valence-electron chi connectivity index (χ0n) is 8.10. The summed E-state index contributed by atoms with van der Waals surface area (Å²) in [6.45, 7) is 0. The second-order valence-electron chi connectivity index (χ2n) is 3.65. The maximum Gasteiger partial charge on any atom is 0.328 e. The molecule has 0 aromatic heterocycles. The molecule has 76 valence electrons. The van der Waals surface area contributed by atoms with Gasteiger partial charge in [-0.1, -0.05) is 6.08 Å². The lowest BCUT2D eigenvalue weighted by Gasteiger charge is -2.29. The lowest BCUT2D eigenvalue weighted by molar-refractivity contribution is -0.150. The molecule has 0 radical (unpaired) electrons. The van der Waals surface area contributed by atoms with Crippen LogP contribution in [0.25, 0.3) is 0 Å². The fourth-order valence-corrected chi connectivity index (χ4v) is 2.23. The summed E-state index contributed by atoms with van der Waals surface area (Å²) in [4.78, 5) is 24.6. The maximum absolute atomic E-state index is 11.5. The van der Waals surface area contributed by atoms with E-state index in [0.717, 1.165) is 19.3 Å². The van der Waals surface area contributed by atoms with Crippen molar-refractivity contribution < 1.29 is 14.3 Å². The van der Waals surface area contributed by atoms with E-state index >= 15 is 0 Å². The zero-order chi connectivity index (χ0) is 10.1. The molecule has 2 aliphatic rings. The minimum Gasteiger partial charge on any atom is -0.467 e. The van der Waals surface area contributed by atoms with E-state index in [9.17, 15) is 9.59 Å². The lowest BCUT2D eigenvalue weighted by atomic mass is 10.1. The third kappa shape index (κ3) is 1.31. The predicted octanol–water partition coefficient (Wildman–Crippen LogP) is 0.479. The number of rotatable bonds is 1. The Labute approximate surface area is 82.5 Å². The summed E-state index contributed by atoms with van der Waals surface area (Å²) in [5.41, 5.74) is 0. The molecule has 2 heterocycles. The molecule has 0 aromatic carbocycles. The van der Waals surface area contributed by atoms with Crippen LogP contribution in [0.3, 0.4) is 0 Å². The Kier molecular flexibility index (Phi) is 2.27. The van der Waals surface area contributed by atoms with Crippen molar-refractivity contribution in [3.8, 4) is 0 Å². The van der Waals surface area contributed by atoms with Gasteiger partial charge in [-0.15, -0.1) is 0 Å². The Morgan fingerprint density at radius 1 is 1.57 bits per heavy atom. The van der Waals surface area contributed by atoms with Gasteiger partial charge in [-0.25, -0.2) is 4.79 Å². The number of methoxy groups -OCH3 is 1. The van der Waals surface area contributed by atoms with Crippen LogP contribution in [0.1, 0.15) is 19.3 Å². The van der Waals surface area contributed by atoms with Crippen molar-refractivity contribution in [1.29, 1.82) is 0 Å². The number of hydrogen-bond acceptors (Lipinski definition) is 3. The highest BCUT2D eigenvalue weighted by molar-refractivity contribution is 5.93. The lowest BCUT2D eigenvalue weighted by Crippen LogP contribution is -2.45. The van der Waals surface area contributed by atoms with Gasteiger partial charge in [0, 0.05) is 6.04 Å². The Morgan fingerprint density at radius 3 is 3.07 bits per heavy atom. The second kappa shape index (κ2) is 3.44. The molecule has 0 unspecified atom stereocenters. The minimum atomic E-state index is -0.359. The highest BCUT2D eigenvalue weighted by Crippen LogP contribution is 2.29. The normalized spacial score (nSPS) is 30.4. The third-order valence-electron chi connectivity index (χ3n) is 2.90. The van der Waals surface area contributed by atoms with Gasteiger partial charge in [0.1, 0.15) is 6.04 Å². The molecular formula is C10H13NO3. The molecule has 1 saturated heterocycles. The van der Waals surface area contributed by atoms with E-state index in [4.69, 9.17) is 0 Å². The molecule has 0 aromatic rings. The summed E-state index contributed by atoms with van der Waals surface area (Å²) in [6, 6.07) is -0.154. The van der Waals surface area contributed by atoms with Crippen LogP contribution in [0.4, 0.5) is 0 Å². The fourth-order valence-electron chi connectivity index (χ4n) is 2.23. The third-order valence-corrected chi connectivity index (χ3v) is 2.90. The number of nitrogens with zero attached hydrogens (tertiary/aromatic N) is 1. The van der Waals surface area contributed by atoms with Crippen molar-refractivity contribution in [2.45, 2.75) is 31.3 Å². The van der Waals surface area contributed by atoms with Crippen LogP contribution in [0, 0.1) is 0 Å². The van der Waals surface area contributed by atoms with Crippen LogP contribution in [-0.4, -0.2) is 36.0 Å². The quantitative estimate of drug-likeness (QED) is 0.572. The van der Waals surface area contributed by atoms with Gasteiger partial charge < -0.3 is 9.64 Å². The molecule has 0 spiro atoms. The molecular weight excluding hydrogens is 182 g/mol. The molecule has 1 fully saturated rings. The first kappa shape index (κ1) is 9.24. The number of carbonyl (C=O) groups excluding carboxylic acids is 2. The summed E-state index contributed by atoms with van der Waals surface area (Å²) < 4.78 is 4.67. The molecule has 0 bridgehead atoms. The fraction of sp³-hybridized carbons (Fsp3) is 0.600. The summed E-state index contributed by atoms with van der Waals surface area (Å²) in [5, 5.41) is 0. The van der Waals surface area contributed by atoms with Crippen LogP contribution in [0.2, 0.25) is 0 Å². The van der Waals surface area contributed by atoms with Gasteiger partial charge in [0.15, 0.2) is 0 Å². The average molecular weight is 195 g/mol. The van der Waals surface area contributed by atoms with Gasteiger partial charge >= 0.3 is 5.97 Å². The zero-order valence-corrected chi connectivity index (χ0v) is 8.10. The van der Waals surface area contributed by atoms with Crippen molar-refractivity contribution in [2.75, 3.05) is 7.11 Å². The Morgan fingerprint density at radius 2 is 2.36 bits per heavy atom. The number of ether oxygens (including phenoxy) is 1. The van der Waals surface area contributed by atoms with Gasteiger partial charge in [-0.05, 0) is 25.3 Å². The standard InChI is InChI=1S/C10H13NO3/c1-14-10(13)8-6-5-7-3-2-4-9(12)11(7)8/h2,4,7-8H,3,5-6H2,1H3/t7-,8-/m0/s1. The van der Waals surface area contributed by atoms with Gasteiger partial charge in [0.25, 0.3) is 0 Å². The van der Waals surface area contributed by atoms with Crippen LogP contribution < -0.4 is 0 Å². The number of esters is 1. The summed E-state index contributed by atoms with van der Waals surface area (Å²) in [5.74, 6) is -0.356. The molecule has 2 atom stereocenters. The Hall–Kier alpha value is -1.32. The number of fused-ring (bicyclic) bond motifs is 1. The van der Waals surface area contributed by atoms with Crippen LogP contribution >= 0.6 is 0 Å². The van der Waals surface area contributed by atoms with Gasteiger partial charge in [0.2, 0.25) is 5.91 Å². The van der Waals surface area contributed by atoms with Crippen molar-refractivity contribution in [2.24, 2.45) is 0 Å². The average Bonchev–Trinajstić information content (AvgIpc) is 2.62. The van der Waals surface area contributed by atoms with Gasteiger partial charge in [-0.2, -0.15) is 0 Å². The topological polar surface area (TPSA) is 46.6 Å². The first-order chi connectivity index (χ1) is 6.74. The van der Waals surface area contributed by atoms with Gasteiger partial charge in [-0.3, -0.25) is 4.79 Å². The molecule has 4 nitrogen and oxygen atoms in total. The number of hydrogen-bond donors (Lipinski definition) is 0. The first-order valence-corrected chi connectivity index (χ1v) is 4.80. The van der Waals surface area contributed by atoms with E-state index in [-0.39, 0.29) is 24.0 Å². The smallest absolute Gasteiger partial charge is 0.328 e. The maximum atomic E-state index is 11.5. The van der Waals surface area contributed by atoms with Crippen molar-refractivity contribution in [1.82, 2.24) is 4.90 Å². The van der Waals surface area contributed by atoms with E-state index in [0.29, 0.717) is 0 Å². The summed E-state index contributed by atoms with van der Waals surface area (Å²) in [6.07, 6.45) is 5.90. The predicted molar refractivity (Wildman–Crippen MR) is 49.4 cm³/mol. The summed E-state index contributed by atoms with van der Waals surface area (Å²) >= 11 is 0. The molecule has 14 heavy (non-hydrogen) atoms. The monoisotopic (exact) mass is 195 g/mol. The molecule has 0 N–H and O–H groups in total. The van der Waals surface area contributed by atoms with Crippen LogP contribution in [-0.2, 0) is 14.3 Å². The molecule has 2 aliphatic heterocycles. The molecule has 0 aliphatic carbocycles. The number of carbonyl (C=O) groups is 2. The molecule has 0 saturated carbocycles. The molecule has 1 amide bonds. The van der Waals surface area contributed by atoms with Crippen molar-refractivity contribution in [3.05, 3.63) is 12.2 Å². The number of amides is 1. The van der Waals surface area contributed by atoms with Gasteiger partial charge in [0.05, 0.1) is 7.11 Å².